The number of aromatic nitrogens is 4. The summed E-state index contributed by atoms with van der Waals surface area (Å²) in [6.07, 6.45) is 2.77. The van der Waals surface area contributed by atoms with E-state index < -0.39 is 5.92 Å². The first-order valence-electron chi connectivity index (χ1n) is 6.24. The highest BCUT2D eigenvalue weighted by Crippen LogP contribution is 2.34. The lowest BCUT2D eigenvalue weighted by Gasteiger charge is -2.08. The molecule has 0 unspecified atom stereocenters. The Morgan fingerprint density at radius 3 is 2.68 bits per heavy atom. The Kier molecular flexibility index (Phi) is 3.65. The standard InChI is InChI=1S/C13H10ClF2N5S/c1-6-3-7(10-11(19-6)21-8(14)4-17-10)20-9-5-18-12(22-9)13(2,15)16/h3-5H,1-2H3,(H,19,20,21). The molecule has 3 heterocycles. The smallest absolute Gasteiger partial charge is 0.296 e. The maximum Gasteiger partial charge on any atom is 0.296 e. The molecule has 0 saturated carbocycles. The molecular formula is C13H10ClF2N5S. The van der Waals surface area contributed by atoms with Gasteiger partial charge in [-0.3, -0.25) is 0 Å². The molecule has 0 radical (unpaired) electrons. The second kappa shape index (κ2) is 5.36. The molecule has 1 N–H and O–H groups in total. The molecule has 0 saturated heterocycles. The number of rotatable bonds is 3. The number of alkyl halides is 2. The Morgan fingerprint density at radius 2 is 2.00 bits per heavy atom. The van der Waals surface area contributed by atoms with Crippen LogP contribution in [0.2, 0.25) is 5.15 Å². The van der Waals surface area contributed by atoms with Crippen LogP contribution in [-0.4, -0.2) is 19.9 Å². The van der Waals surface area contributed by atoms with Gasteiger partial charge in [-0.1, -0.05) is 22.9 Å². The van der Waals surface area contributed by atoms with Gasteiger partial charge in [-0.2, -0.15) is 8.78 Å². The Labute approximate surface area is 133 Å². The van der Waals surface area contributed by atoms with Gasteiger partial charge in [-0.05, 0) is 13.0 Å². The Bertz CT molecular complexity index is 841. The number of fused-ring (bicyclic) bond motifs is 1. The van der Waals surface area contributed by atoms with E-state index in [1.54, 1.807) is 13.0 Å². The molecule has 3 rings (SSSR count). The van der Waals surface area contributed by atoms with Crippen molar-refractivity contribution in [2.24, 2.45) is 0 Å². The van der Waals surface area contributed by atoms with Gasteiger partial charge in [0.2, 0.25) is 0 Å². The highest BCUT2D eigenvalue weighted by atomic mass is 35.5. The van der Waals surface area contributed by atoms with E-state index in [4.69, 9.17) is 11.6 Å². The lowest BCUT2D eigenvalue weighted by atomic mass is 10.3. The summed E-state index contributed by atoms with van der Waals surface area (Å²) in [6, 6.07) is 1.76. The molecule has 0 bridgehead atoms. The predicted octanol–water partition coefficient (Wildman–Crippen LogP) is 4.30. The fourth-order valence-corrected chi connectivity index (χ4v) is 2.75. The van der Waals surface area contributed by atoms with Gasteiger partial charge in [-0.15, -0.1) is 0 Å². The third-order valence-electron chi connectivity index (χ3n) is 2.75. The van der Waals surface area contributed by atoms with Crippen LogP contribution in [0, 0.1) is 6.92 Å². The number of anilines is 2. The van der Waals surface area contributed by atoms with Crippen LogP contribution in [0.25, 0.3) is 11.2 Å². The average molecular weight is 342 g/mol. The molecule has 5 nitrogen and oxygen atoms in total. The van der Waals surface area contributed by atoms with Gasteiger partial charge in [0.05, 0.1) is 18.1 Å². The maximum absolute atomic E-state index is 13.2. The molecule has 22 heavy (non-hydrogen) atoms. The summed E-state index contributed by atoms with van der Waals surface area (Å²) >= 11 is 6.70. The number of nitrogens with one attached hydrogen (secondary N) is 1. The van der Waals surface area contributed by atoms with Gasteiger partial charge >= 0.3 is 0 Å². The van der Waals surface area contributed by atoms with E-state index in [0.29, 0.717) is 27.5 Å². The first kappa shape index (κ1) is 15.0. The number of nitrogens with zero attached hydrogens (tertiary/aromatic N) is 4. The topological polar surface area (TPSA) is 63.6 Å². The Morgan fingerprint density at radius 1 is 1.23 bits per heavy atom. The van der Waals surface area contributed by atoms with Gasteiger partial charge < -0.3 is 5.32 Å². The average Bonchev–Trinajstić information content (AvgIpc) is 2.86. The second-order valence-corrected chi connectivity index (χ2v) is 6.14. The van der Waals surface area contributed by atoms with Crippen LogP contribution in [0.1, 0.15) is 17.6 Å². The monoisotopic (exact) mass is 341 g/mol. The zero-order valence-electron chi connectivity index (χ0n) is 11.6. The van der Waals surface area contributed by atoms with Crippen molar-refractivity contribution >= 4 is 44.8 Å². The highest BCUT2D eigenvalue weighted by Gasteiger charge is 2.28. The Balaban J connectivity index is 2.02. The number of hydrogen-bond donors (Lipinski definition) is 1. The van der Waals surface area contributed by atoms with Crippen LogP contribution >= 0.6 is 22.9 Å². The summed E-state index contributed by atoms with van der Waals surface area (Å²) in [6.45, 7) is 2.61. The zero-order valence-corrected chi connectivity index (χ0v) is 13.1. The van der Waals surface area contributed by atoms with Crippen LogP contribution < -0.4 is 5.32 Å². The molecule has 0 aliphatic carbocycles. The van der Waals surface area contributed by atoms with E-state index in [0.717, 1.165) is 18.3 Å². The normalized spacial score (nSPS) is 11.9. The fourth-order valence-electron chi connectivity index (χ4n) is 1.87. The fraction of sp³-hybridized carbons (Fsp3) is 0.231. The quantitative estimate of drug-likeness (QED) is 0.769. The third kappa shape index (κ3) is 2.97. The first-order chi connectivity index (χ1) is 10.3. The van der Waals surface area contributed by atoms with E-state index >= 15 is 0 Å². The maximum atomic E-state index is 13.2. The third-order valence-corrected chi connectivity index (χ3v) is 4.02. The number of halogens is 3. The van der Waals surface area contributed by atoms with Gasteiger partial charge in [0.25, 0.3) is 5.92 Å². The van der Waals surface area contributed by atoms with Crippen molar-refractivity contribution in [3.63, 3.8) is 0 Å². The summed E-state index contributed by atoms with van der Waals surface area (Å²) in [5, 5.41) is 3.51. The van der Waals surface area contributed by atoms with Crippen molar-refractivity contribution in [3.8, 4) is 0 Å². The van der Waals surface area contributed by atoms with Gasteiger partial charge in [-0.25, -0.2) is 19.9 Å². The van der Waals surface area contributed by atoms with E-state index in [-0.39, 0.29) is 10.2 Å². The van der Waals surface area contributed by atoms with Crippen molar-refractivity contribution in [1.29, 1.82) is 0 Å². The molecule has 114 valence electrons. The molecular weight excluding hydrogens is 332 g/mol. The molecule has 0 aliphatic heterocycles. The lowest BCUT2D eigenvalue weighted by Crippen LogP contribution is -2.05. The molecule has 0 aliphatic rings. The number of aryl methyl sites for hydroxylation is 1. The molecule has 3 aromatic heterocycles. The molecule has 0 atom stereocenters. The summed E-state index contributed by atoms with van der Waals surface area (Å²) in [7, 11) is 0. The van der Waals surface area contributed by atoms with Crippen LogP contribution in [0.15, 0.2) is 18.5 Å². The zero-order chi connectivity index (χ0) is 15.9. The SMILES string of the molecule is Cc1cc(Nc2cnc(C(C)(F)F)s2)c2ncc(Cl)nc2n1. The van der Waals surface area contributed by atoms with Crippen LogP contribution in [0.3, 0.4) is 0 Å². The first-order valence-corrected chi connectivity index (χ1v) is 7.43. The highest BCUT2D eigenvalue weighted by molar-refractivity contribution is 7.15. The lowest BCUT2D eigenvalue weighted by molar-refractivity contribution is 0.0172. The van der Waals surface area contributed by atoms with Gasteiger partial charge in [0, 0.05) is 12.6 Å². The van der Waals surface area contributed by atoms with Crippen molar-refractivity contribution in [2.45, 2.75) is 19.8 Å². The van der Waals surface area contributed by atoms with Crippen molar-refractivity contribution in [1.82, 2.24) is 19.9 Å². The number of pyridine rings is 1. The van der Waals surface area contributed by atoms with Crippen molar-refractivity contribution in [2.75, 3.05) is 5.32 Å². The minimum Gasteiger partial charge on any atom is -0.344 e. The van der Waals surface area contributed by atoms with Crippen LogP contribution in [0.4, 0.5) is 19.5 Å². The summed E-state index contributed by atoms with van der Waals surface area (Å²) in [5.41, 5.74) is 2.21. The molecule has 0 spiro atoms. The second-order valence-electron chi connectivity index (χ2n) is 4.72. The minimum atomic E-state index is -2.96. The molecule has 0 fully saturated rings. The van der Waals surface area contributed by atoms with Crippen LogP contribution in [-0.2, 0) is 5.92 Å². The largest absolute Gasteiger partial charge is 0.344 e. The Hall–Kier alpha value is -1.93. The molecule has 3 aromatic rings. The van der Waals surface area contributed by atoms with Gasteiger partial charge in [0.1, 0.15) is 15.7 Å². The van der Waals surface area contributed by atoms with E-state index in [2.05, 4.69) is 25.3 Å². The van der Waals surface area contributed by atoms with E-state index in [1.165, 1.54) is 12.4 Å². The number of hydrogen-bond acceptors (Lipinski definition) is 6. The van der Waals surface area contributed by atoms with Crippen molar-refractivity contribution in [3.05, 3.63) is 34.3 Å². The molecule has 0 aromatic carbocycles. The molecule has 9 heteroatoms. The van der Waals surface area contributed by atoms with E-state index in [1.807, 2.05) is 0 Å². The summed E-state index contributed by atoms with van der Waals surface area (Å²) in [5.74, 6) is -2.96. The summed E-state index contributed by atoms with van der Waals surface area (Å²) in [4.78, 5) is 16.3. The number of thiazole rings is 1. The molecule has 0 amide bonds. The van der Waals surface area contributed by atoms with Gasteiger partial charge in [0.15, 0.2) is 10.7 Å². The van der Waals surface area contributed by atoms with Crippen molar-refractivity contribution < 1.29 is 8.78 Å². The minimum absolute atomic E-state index is 0.238. The van der Waals surface area contributed by atoms with E-state index in [9.17, 15) is 8.78 Å². The van der Waals surface area contributed by atoms with Crippen LogP contribution in [0.5, 0.6) is 0 Å². The predicted molar refractivity (Wildman–Crippen MR) is 82.0 cm³/mol. The summed E-state index contributed by atoms with van der Waals surface area (Å²) < 4.78 is 26.5.